The van der Waals surface area contributed by atoms with Crippen LogP contribution >= 0.6 is 0 Å². The molecule has 11 nitrogen and oxygen atoms in total. The summed E-state index contributed by atoms with van der Waals surface area (Å²) in [4.78, 5) is 35.1. The molecule has 7 N–H and O–H groups in total. The number of nitrogen functional groups attached to an aromatic ring is 3. The summed E-state index contributed by atoms with van der Waals surface area (Å²) in [5, 5.41) is 9.42. The minimum Gasteiger partial charge on any atom is -0.494 e. The number of carboxylic acid groups (broad SMARTS) is 1. The second kappa shape index (κ2) is 8.86. The highest BCUT2D eigenvalue weighted by Gasteiger charge is 2.32. The van der Waals surface area contributed by atoms with E-state index < -0.39 is 28.5 Å². The number of halogens is 1. The van der Waals surface area contributed by atoms with Crippen LogP contribution in [-0.4, -0.2) is 39.3 Å². The summed E-state index contributed by atoms with van der Waals surface area (Å²) in [6.07, 6.45) is 5.22. The van der Waals surface area contributed by atoms with Gasteiger partial charge in [0.2, 0.25) is 11.4 Å². The van der Waals surface area contributed by atoms with Crippen molar-refractivity contribution in [2.24, 2.45) is 0 Å². The number of benzene rings is 2. The molecule has 0 bridgehead atoms. The van der Waals surface area contributed by atoms with Gasteiger partial charge in [-0.1, -0.05) is 6.07 Å². The van der Waals surface area contributed by atoms with Gasteiger partial charge in [0.05, 0.1) is 29.3 Å². The number of aromatic carboxylic acids is 1. The van der Waals surface area contributed by atoms with E-state index in [-0.39, 0.29) is 28.7 Å². The number of aromatic nitrogens is 3. The van der Waals surface area contributed by atoms with E-state index in [4.69, 9.17) is 21.9 Å². The van der Waals surface area contributed by atoms with Crippen LogP contribution in [0.25, 0.3) is 22.0 Å². The zero-order valence-corrected chi connectivity index (χ0v) is 21.1. The highest BCUT2D eigenvalue weighted by Crippen LogP contribution is 2.47. The number of carboxylic acids is 1. The smallest absolute Gasteiger partial charge is 0.341 e. The number of nitrogens with two attached hydrogens (primary N) is 3. The number of rotatable bonds is 6. The molecule has 2 aromatic heterocycles. The number of ether oxygens (including phenoxy) is 1. The second-order valence-electron chi connectivity index (χ2n) is 9.83. The number of fused-ring (bicyclic) bond motifs is 2. The fourth-order valence-electron chi connectivity index (χ4n) is 5.38. The number of pyridine rings is 1. The Bertz CT molecular complexity index is 1750. The summed E-state index contributed by atoms with van der Waals surface area (Å²) in [7, 11) is 1.40. The molecule has 0 radical (unpaired) electrons. The molecular formula is C27H26FN7O4. The number of carbonyl (C=O) groups is 1. The molecule has 1 saturated carbocycles. The lowest BCUT2D eigenvalue weighted by Crippen LogP contribution is -2.21. The quantitative estimate of drug-likeness (QED) is 0.271. The van der Waals surface area contributed by atoms with Crippen LogP contribution in [0.2, 0.25) is 0 Å². The van der Waals surface area contributed by atoms with E-state index in [1.54, 1.807) is 16.8 Å². The molecule has 1 fully saturated rings. The van der Waals surface area contributed by atoms with Gasteiger partial charge < -0.3 is 36.5 Å². The van der Waals surface area contributed by atoms with Crippen LogP contribution in [0.4, 0.5) is 27.5 Å². The zero-order chi connectivity index (χ0) is 27.6. The Labute approximate surface area is 221 Å². The topological polar surface area (TPSA) is 176 Å². The van der Waals surface area contributed by atoms with Gasteiger partial charge in [0.1, 0.15) is 11.4 Å². The molecule has 200 valence electrons. The number of hydrogen-bond acceptors (Lipinski definition) is 9. The SMILES string of the molecule is COc1c(-c2ccc3c(c2)CCN3Cc2cnc(N)nc2N)c(F)c(N)c2c(=O)c(C(=O)O)cn(C3CC3)c12. The molecule has 1 aliphatic heterocycles. The molecule has 1 aliphatic carbocycles. The van der Waals surface area contributed by atoms with Gasteiger partial charge in [-0.25, -0.2) is 14.2 Å². The zero-order valence-electron chi connectivity index (χ0n) is 21.1. The average molecular weight is 532 g/mol. The molecule has 2 aromatic carbocycles. The van der Waals surface area contributed by atoms with Crippen molar-refractivity contribution >= 4 is 40.0 Å². The molecule has 0 unspecified atom stereocenters. The average Bonchev–Trinajstić information content (AvgIpc) is 3.67. The van der Waals surface area contributed by atoms with Crippen LogP contribution in [0.3, 0.4) is 0 Å². The molecule has 0 atom stereocenters. The minimum absolute atomic E-state index is 0.0313. The fraction of sp³-hybridized carbons (Fsp3) is 0.259. The van der Waals surface area contributed by atoms with E-state index in [9.17, 15) is 14.7 Å². The van der Waals surface area contributed by atoms with Crippen molar-refractivity contribution in [3.05, 3.63) is 63.3 Å². The third-order valence-corrected chi connectivity index (χ3v) is 7.41. The van der Waals surface area contributed by atoms with Crippen LogP contribution in [0, 0.1) is 5.82 Å². The lowest BCUT2D eigenvalue weighted by molar-refractivity contribution is 0.0695. The maximum Gasteiger partial charge on any atom is 0.341 e. The van der Waals surface area contributed by atoms with Crippen molar-refractivity contribution < 1.29 is 19.0 Å². The van der Waals surface area contributed by atoms with Crippen LogP contribution < -0.4 is 32.3 Å². The lowest BCUT2D eigenvalue weighted by Gasteiger charge is -2.22. The Balaban J connectivity index is 1.49. The second-order valence-corrected chi connectivity index (χ2v) is 9.83. The molecule has 0 saturated heterocycles. The van der Waals surface area contributed by atoms with Crippen molar-refractivity contribution in [1.29, 1.82) is 0 Å². The summed E-state index contributed by atoms with van der Waals surface area (Å²) < 4.78 is 23.4. The van der Waals surface area contributed by atoms with Crippen molar-refractivity contribution in [1.82, 2.24) is 14.5 Å². The van der Waals surface area contributed by atoms with Gasteiger partial charge in [-0.3, -0.25) is 4.79 Å². The predicted octanol–water partition coefficient (Wildman–Crippen LogP) is 2.95. The van der Waals surface area contributed by atoms with Gasteiger partial charge in [0, 0.05) is 42.8 Å². The highest BCUT2D eigenvalue weighted by atomic mass is 19.1. The monoisotopic (exact) mass is 531 g/mol. The number of nitrogens with zero attached hydrogens (tertiary/aromatic N) is 4. The summed E-state index contributed by atoms with van der Waals surface area (Å²) in [5.74, 6) is -1.66. The summed E-state index contributed by atoms with van der Waals surface area (Å²) >= 11 is 0. The van der Waals surface area contributed by atoms with Crippen LogP contribution in [0.1, 0.15) is 40.4 Å². The third-order valence-electron chi connectivity index (χ3n) is 7.41. The first kappa shape index (κ1) is 24.5. The first-order valence-corrected chi connectivity index (χ1v) is 12.4. The Morgan fingerprint density at radius 2 is 2.03 bits per heavy atom. The summed E-state index contributed by atoms with van der Waals surface area (Å²) in [5.41, 5.74) is 19.8. The van der Waals surface area contributed by atoms with E-state index in [1.807, 2.05) is 12.1 Å². The number of methoxy groups -OCH3 is 1. The van der Waals surface area contributed by atoms with E-state index >= 15 is 4.39 Å². The first-order chi connectivity index (χ1) is 18.7. The van der Waals surface area contributed by atoms with E-state index in [0.29, 0.717) is 36.4 Å². The highest BCUT2D eigenvalue weighted by molar-refractivity contribution is 6.04. The Kier molecular flexibility index (Phi) is 5.56. The Morgan fingerprint density at radius 3 is 2.69 bits per heavy atom. The predicted molar refractivity (Wildman–Crippen MR) is 145 cm³/mol. The number of anilines is 4. The maximum absolute atomic E-state index is 16.0. The molecule has 6 rings (SSSR count). The van der Waals surface area contributed by atoms with Gasteiger partial charge in [-0.05, 0) is 42.5 Å². The van der Waals surface area contributed by atoms with E-state index in [1.165, 1.54) is 13.3 Å². The maximum atomic E-state index is 16.0. The summed E-state index contributed by atoms with van der Waals surface area (Å²) in [6.45, 7) is 1.19. The molecule has 0 spiro atoms. The standard InChI is InChI=1S/C27H26FN7O4/c1-39-24-18(20(28)21(29)19-22(24)35(15-3-4-15)11-16(23(19)36)26(37)38)13-2-5-17-12(8-13)6-7-34(17)10-14-9-32-27(31)33-25(14)30/h2,5,8-9,11,15H,3-4,6-7,10,29H2,1H3,(H,37,38)(H4,30,31,32,33). The van der Waals surface area contributed by atoms with E-state index in [0.717, 1.165) is 29.7 Å². The Hall–Kier alpha value is -4.87. The molecular weight excluding hydrogens is 505 g/mol. The first-order valence-electron chi connectivity index (χ1n) is 12.4. The van der Waals surface area contributed by atoms with E-state index in [2.05, 4.69) is 14.9 Å². The van der Waals surface area contributed by atoms with Crippen LogP contribution in [0.15, 0.2) is 35.4 Å². The molecule has 39 heavy (non-hydrogen) atoms. The fourth-order valence-corrected chi connectivity index (χ4v) is 5.38. The molecule has 0 amide bonds. The van der Waals surface area contributed by atoms with Gasteiger partial charge >= 0.3 is 5.97 Å². The van der Waals surface area contributed by atoms with Crippen molar-refractivity contribution in [3.8, 4) is 16.9 Å². The van der Waals surface area contributed by atoms with Gasteiger partial charge in [0.25, 0.3) is 0 Å². The van der Waals surface area contributed by atoms with Crippen LogP contribution in [-0.2, 0) is 13.0 Å². The van der Waals surface area contributed by atoms with Crippen molar-refractivity contribution in [2.45, 2.75) is 31.8 Å². The molecule has 2 aliphatic rings. The minimum atomic E-state index is -1.39. The third kappa shape index (κ3) is 3.87. The van der Waals surface area contributed by atoms with Crippen LogP contribution in [0.5, 0.6) is 5.75 Å². The molecule has 3 heterocycles. The van der Waals surface area contributed by atoms with Crippen molar-refractivity contribution in [2.75, 3.05) is 35.8 Å². The lowest BCUT2D eigenvalue weighted by atomic mass is 9.96. The molecule has 4 aromatic rings. The largest absolute Gasteiger partial charge is 0.494 e. The summed E-state index contributed by atoms with van der Waals surface area (Å²) in [6, 6.07) is 5.52. The Morgan fingerprint density at radius 1 is 1.26 bits per heavy atom. The van der Waals surface area contributed by atoms with Gasteiger partial charge in [-0.15, -0.1) is 0 Å². The van der Waals surface area contributed by atoms with Gasteiger partial charge in [0.15, 0.2) is 11.6 Å². The van der Waals surface area contributed by atoms with Crippen molar-refractivity contribution in [3.63, 3.8) is 0 Å². The normalized spacial score (nSPS) is 14.6. The van der Waals surface area contributed by atoms with Gasteiger partial charge in [-0.2, -0.15) is 4.98 Å². The molecule has 12 heteroatoms. The number of hydrogen-bond donors (Lipinski definition) is 4.